The molecule has 1 aliphatic carbocycles. The van der Waals surface area contributed by atoms with Crippen LogP contribution in [0.2, 0.25) is 0 Å². The average Bonchev–Trinajstić information content (AvgIpc) is 2.17. The number of alkyl halides is 1. The van der Waals surface area contributed by atoms with E-state index >= 15 is 0 Å². The summed E-state index contributed by atoms with van der Waals surface area (Å²) in [4.78, 5) is 11.3. The Balaban J connectivity index is 2.88. The zero-order chi connectivity index (χ0) is 9.90. The standard InChI is InChI=1S/C9H11IO3/c1-12-8(11)7-5-3-4-6-9(7,10)13-2/h3-7H,1-2H3. The van der Waals surface area contributed by atoms with Gasteiger partial charge < -0.3 is 9.47 Å². The zero-order valence-corrected chi connectivity index (χ0v) is 9.65. The number of carbonyl (C=O) groups is 1. The summed E-state index contributed by atoms with van der Waals surface area (Å²) in [5, 5.41) is 0. The summed E-state index contributed by atoms with van der Waals surface area (Å²) in [7, 11) is 2.95. The lowest BCUT2D eigenvalue weighted by molar-refractivity contribution is -0.147. The molecule has 3 nitrogen and oxygen atoms in total. The van der Waals surface area contributed by atoms with Crippen LogP contribution in [0, 0.1) is 5.92 Å². The second-order valence-corrected chi connectivity index (χ2v) is 4.33. The fourth-order valence-corrected chi connectivity index (χ4v) is 1.83. The van der Waals surface area contributed by atoms with Crippen LogP contribution in [0.5, 0.6) is 0 Å². The van der Waals surface area contributed by atoms with Crippen molar-refractivity contribution in [3.63, 3.8) is 0 Å². The predicted molar refractivity (Wildman–Crippen MR) is 57.5 cm³/mol. The van der Waals surface area contributed by atoms with Crippen molar-refractivity contribution in [1.29, 1.82) is 0 Å². The maximum absolute atomic E-state index is 11.3. The van der Waals surface area contributed by atoms with Crippen LogP contribution >= 0.6 is 22.6 Å². The number of esters is 1. The number of hydrogen-bond acceptors (Lipinski definition) is 3. The molecule has 0 fully saturated rings. The first kappa shape index (κ1) is 10.7. The summed E-state index contributed by atoms with van der Waals surface area (Å²) in [6, 6.07) is 0. The molecule has 4 heteroatoms. The Morgan fingerprint density at radius 1 is 1.46 bits per heavy atom. The van der Waals surface area contributed by atoms with Crippen LogP contribution in [-0.2, 0) is 14.3 Å². The van der Waals surface area contributed by atoms with Crippen molar-refractivity contribution in [3.8, 4) is 0 Å². The van der Waals surface area contributed by atoms with Gasteiger partial charge in [-0.2, -0.15) is 0 Å². The van der Waals surface area contributed by atoms with E-state index in [1.165, 1.54) is 7.11 Å². The van der Waals surface area contributed by atoms with Crippen molar-refractivity contribution in [2.45, 2.75) is 3.61 Å². The van der Waals surface area contributed by atoms with E-state index in [2.05, 4.69) is 27.3 Å². The lowest BCUT2D eigenvalue weighted by Gasteiger charge is -2.29. The molecular weight excluding hydrogens is 283 g/mol. The van der Waals surface area contributed by atoms with Crippen LogP contribution in [0.3, 0.4) is 0 Å². The summed E-state index contributed by atoms with van der Waals surface area (Å²) >= 11 is 2.09. The average molecular weight is 294 g/mol. The molecule has 0 aromatic carbocycles. The molecule has 0 bridgehead atoms. The third-order valence-corrected chi connectivity index (χ3v) is 3.40. The smallest absolute Gasteiger partial charge is 0.316 e. The third kappa shape index (κ3) is 2.11. The highest BCUT2D eigenvalue weighted by Crippen LogP contribution is 2.35. The largest absolute Gasteiger partial charge is 0.468 e. The van der Waals surface area contributed by atoms with Crippen molar-refractivity contribution in [2.24, 2.45) is 5.92 Å². The molecule has 0 heterocycles. The van der Waals surface area contributed by atoms with E-state index < -0.39 is 3.61 Å². The van der Waals surface area contributed by atoms with Gasteiger partial charge in [0.25, 0.3) is 0 Å². The molecule has 1 aliphatic rings. The first-order valence-electron chi connectivity index (χ1n) is 3.82. The second kappa shape index (κ2) is 4.23. The SMILES string of the molecule is COC(=O)C1C=CC=CC1(I)OC. The topological polar surface area (TPSA) is 35.5 Å². The zero-order valence-electron chi connectivity index (χ0n) is 7.49. The molecule has 13 heavy (non-hydrogen) atoms. The third-order valence-electron chi connectivity index (χ3n) is 1.93. The highest BCUT2D eigenvalue weighted by molar-refractivity contribution is 14.1. The van der Waals surface area contributed by atoms with Gasteiger partial charge in [-0.3, -0.25) is 4.79 Å². The van der Waals surface area contributed by atoms with Crippen molar-refractivity contribution in [2.75, 3.05) is 14.2 Å². The molecule has 0 aromatic heterocycles. The van der Waals surface area contributed by atoms with Crippen LogP contribution in [0.1, 0.15) is 0 Å². The summed E-state index contributed by atoms with van der Waals surface area (Å²) in [5.41, 5.74) is 0. The Bertz CT molecular complexity index is 260. The number of hydrogen-bond donors (Lipinski definition) is 0. The Hall–Kier alpha value is -0.360. The summed E-state index contributed by atoms with van der Waals surface area (Å²) in [5.74, 6) is -0.648. The van der Waals surface area contributed by atoms with Gasteiger partial charge in [-0.15, -0.1) is 0 Å². The monoisotopic (exact) mass is 294 g/mol. The number of carbonyl (C=O) groups excluding carboxylic acids is 1. The molecule has 0 amide bonds. The van der Waals surface area contributed by atoms with E-state index in [1.807, 2.05) is 18.2 Å². The van der Waals surface area contributed by atoms with Gasteiger partial charge in [-0.1, -0.05) is 18.2 Å². The molecule has 0 saturated carbocycles. The molecule has 0 aliphatic heterocycles. The van der Waals surface area contributed by atoms with E-state index in [0.717, 1.165) is 0 Å². The highest BCUT2D eigenvalue weighted by atomic mass is 127. The predicted octanol–water partition coefficient (Wildman–Crippen LogP) is 1.68. The van der Waals surface area contributed by atoms with Crippen molar-refractivity contribution in [3.05, 3.63) is 24.3 Å². The second-order valence-electron chi connectivity index (χ2n) is 2.65. The van der Waals surface area contributed by atoms with Crippen molar-refractivity contribution >= 4 is 28.6 Å². The molecule has 2 unspecified atom stereocenters. The first-order valence-corrected chi connectivity index (χ1v) is 4.90. The van der Waals surface area contributed by atoms with Gasteiger partial charge in [0.05, 0.1) is 7.11 Å². The fourth-order valence-electron chi connectivity index (χ4n) is 1.16. The molecule has 1 rings (SSSR count). The van der Waals surface area contributed by atoms with Crippen molar-refractivity contribution in [1.82, 2.24) is 0 Å². The fraction of sp³-hybridized carbons (Fsp3) is 0.444. The van der Waals surface area contributed by atoms with E-state index in [4.69, 9.17) is 4.74 Å². The molecule has 2 atom stereocenters. The van der Waals surface area contributed by atoms with Gasteiger partial charge in [0.2, 0.25) is 0 Å². The Morgan fingerprint density at radius 2 is 2.15 bits per heavy atom. The minimum atomic E-state index is -0.612. The number of rotatable bonds is 2. The minimum Gasteiger partial charge on any atom is -0.468 e. The number of ether oxygens (including phenoxy) is 2. The highest BCUT2D eigenvalue weighted by Gasteiger charge is 2.39. The van der Waals surface area contributed by atoms with Crippen LogP contribution in [-0.4, -0.2) is 23.8 Å². The van der Waals surface area contributed by atoms with Gasteiger partial charge in [0.1, 0.15) is 5.92 Å². The normalized spacial score (nSPS) is 31.8. The van der Waals surface area contributed by atoms with Gasteiger partial charge >= 0.3 is 5.97 Å². The Labute approximate surface area is 90.9 Å². The molecule has 0 aromatic rings. The molecule has 72 valence electrons. The van der Waals surface area contributed by atoms with E-state index in [0.29, 0.717) is 0 Å². The van der Waals surface area contributed by atoms with E-state index in [-0.39, 0.29) is 11.9 Å². The minimum absolute atomic E-state index is 0.281. The first-order chi connectivity index (χ1) is 6.14. The van der Waals surface area contributed by atoms with Gasteiger partial charge in [-0.05, 0) is 28.7 Å². The van der Waals surface area contributed by atoms with Crippen molar-refractivity contribution < 1.29 is 14.3 Å². The van der Waals surface area contributed by atoms with Gasteiger partial charge in [0.15, 0.2) is 3.61 Å². The lowest BCUT2D eigenvalue weighted by Crippen LogP contribution is -2.37. The van der Waals surface area contributed by atoms with Crippen LogP contribution in [0.25, 0.3) is 0 Å². The van der Waals surface area contributed by atoms with Gasteiger partial charge in [-0.25, -0.2) is 0 Å². The Kier molecular flexibility index (Phi) is 3.49. The summed E-state index contributed by atoms with van der Waals surface area (Å²) in [6.45, 7) is 0. The summed E-state index contributed by atoms with van der Waals surface area (Å²) < 4.78 is 9.33. The van der Waals surface area contributed by atoms with Gasteiger partial charge in [0, 0.05) is 7.11 Å². The lowest BCUT2D eigenvalue weighted by atomic mass is 9.98. The maximum atomic E-state index is 11.3. The maximum Gasteiger partial charge on any atom is 0.316 e. The van der Waals surface area contributed by atoms with E-state index in [9.17, 15) is 4.79 Å². The molecule has 0 spiro atoms. The number of halogens is 1. The molecular formula is C9H11IO3. The molecule has 0 radical (unpaired) electrons. The van der Waals surface area contributed by atoms with Crippen LogP contribution < -0.4 is 0 Å². The number of methoxy groups -OCH3 is 2. The van der Waals surface area contributed by atoms with Crippen LogP contribution in [0.4, 0.5) is 0 Å². The number of allylic oxidation sites excluding steroid dienone is 2. The molecule has 0 N–H and O–H groups in total. The Morgan fingerprint density at radius 3 is 2.69 bits per heavy atom. The van der Waals surface area contributed by atoms with E-state index in [1.54, 1.807) is 13.2 Å². The van der Waals surface area contributed by atoms with Crippen LogP contribution in [0.15, 0.2) is 24.3 Å². The molecule has 0 saturated heterocycles. The summed E-state index contributed by atoms with van der Waals surface area (Å²) in [6.07, 6.45) is 7.30. The quantitative estimate of drug-likeness (QED) is 0.441.